The van der Waals surface area contributed by atoms with Crippen molar-refractivity contribution in [3.63, 3.8) is 0 Å². The lowest BCUT2D eigenvalue weighted by atomic mass is 9.89. The third kappa shape index (κ3) is 3.54. The molecule has 1 aliphatic rings. The molecule has 0 radical (unpaired) electrons. The van der Waals surface area contributed by atoms with E-state index in [4.69, 9.17) is 0 Å². The van der Waals surface area contributed by atoms with E-state index in [2.05, 4.69) is 31.5 Å². The zero-order valence-electron chi connectivity index (χ0n) is 17.3. The van der Waals surface area contributed by atoms with Crippen molar-refractivity contribution in [3.05, 3.63) is 60.0 Å². The maximum atomic E-state index is 12.9. The lowest BCUT2D eigenvalue weighted by Gasteiger charge is -2.33. The predicted octanol–water partition coefficient (Wildman–Crippen LogP) is 2.96. The Balaban J connectivity index is 1.21. The van der Waals surface area contributed by atoms with Crippen LogP contribution >= 0.6 is 0 Å². The lowest BCUT2D eigenvalue weighted by Crippen LogP contribution is -2.49. The van der Waals surface area contributed by atoms with Gasteiger partial charge in [-0.1, -0.05) is 18.2 Å². The fourth-order valence-corrected chi connectivity index (χ4v) is 4.46. The van der Waals surface area contributed by atoms with Crippen molar-refractivity contribution in [2.45, 2.75) is 31.7 Å². The van der Waals surface area contributed by atoms with Gasteiger partial charge in [-0.15, -0.1) is 0 Å². The number of amides is 2. The Bertz CT molecular complexity index is 1250. The molecule has 0 aliphatic carbocycles. The average Bonchev–Trinajstić information content (AvgIpc) is 3.43. The number of fused-ring (bicyclic) bond motifs is 2. The van der Waals surface area contributed by atoms with Gasteiger partial charge in [0.1, 0.15) is 11.7 Å². The molecule has 0 bridgehead atoms. The van der Waals surface area contributed by atoms with E-state index in [1.165, 1.54) is 5.56 Å². The van der Waals surface area contributed by atoms with E-state index in [9.17, 15) is 9.59 Å². The van der Waals surface area contributed by atoms with E-state index < -0.39 is 6.04 Å². The number of pyridine rings is 1. The van der Waals surface area contributed by atoms with Gasteiger partial charge in [0.2, 0.25) is 5.91 Å². The zero-order chi connectivity index (χ0) is 21.4. The normalized spacial score (nSPS) is 16.0. The first-order chi connectivity index (χ1) is 15.1. The van der Waals surface area contributed by atoms with E-state index in [1.54, 1.807) is 13.1 Å². The van der Waals surface area contributed by atoms with E-state index in [-0.39, 0.29) is 11.8 Å². The SMILES string of the molecule is CC(NC(=O)c1n[nH]c2ccccc12)C(=O)N1CCC(c2c[nH]c3ncccc23)CC1. The summed E-state index contributed by atoms with van der Waals surface area (Å²) in [6.45, 7) is 3.07. The van der Waals surface area contributed by atoms with Crippen molar-refractivity contribution in [2.75, 3.05) is 13.1 Å². The van der Waals surface area contributed by atoms with Gasteiger partial charge in [-0.3, -0.25) is 14.7 Å². The summed E-state index contributed by atoms with van der Waals surface area (Å²) in [6.07, 6.45) is 5.60. The Morgan fingerprint density at radius 1 is 1.13 bits per heavy atom. The quantitative estimate of drug-likeness (QED) is 0.475. The Kier molecular flexibility index (Phi) is 4.89. The molecule has 5 rings (SSSR count). The minimum Gasteiger partial charge on any atom is -0.346 e. The van der Waals surface area contributed by atoms with E-state index in [0.29, 0.717) is 24.7 Å². The van der Waals surface area contributed by atoms with Crippen LogP contribution in [-0.2, 0) is 4.79 Å². The second-order valence-corrected chi connectivity index (χ2v) is 8.06. The van der Waals surface area contributed by atoms with Gasteiger partial charge in [0.25, 0.3) is 5.91 Å². The monoisotopic (exact) mass is 416 g/mol. The number of rotatable bonds is 4. The van der Waals surface area contributed by atoms with Crippen LogP contribution in [0.2, 0.25) is 0 Å². The van der Waals surface area contributed by atoms with Crippen molar-refractivity contribution >= 4 is 33.8 Å². The van der Waals surface area contributed by atoms with Gasteiger partial charge in [-0.05, 0) is 49.4 Å². The van der Waals surface area contributed by atoms with E-state index in [0.717, 1.165) is 34.8 Å². The predicted molar refractivity (Wildman–Crippen MR) is 118 cm³/mol. The highest BCUT2D eigenvalue weighted by molar-refractivity contribution is 6.05. The third-order valence-electron chi connectivity index (χ3n) is 6.13. The van der Waals surface area contributed by atoms with E-state index >= 15 is 0 Å². The topological polar surface area (TPSA) is 107 Å². The summed E-state index contributed by atoms with van der Waals surface area (Å²) < 4.78 is 0. The van der Waals surface area contributed by atoms with Crippen molar-refractivity contribution in [1.29, 1.82) is 0 Å². The van der Waals surface area contributed by atoms with Crippen molar-refractivity contribution in [1.82, 2.24) is 30.4 Å². The maximum absolute atomic E-state index is 12.9. The molecule has 4 aromatic rings. The molecule has 3 N–H and O–H groups in total. The van der Waals surface area contributed by atoms with Crippen molar-refractivity contribution < 1.29 is 9.59 Å². The number of para-hydroxylation sites is 1. The Morgan fingerprint density at radius 3 is 2.74 bits per heavy atom. The molecule has 4 heterocycles. The molecule has 158 valence electrons. The number of aromatic nitrogens is 4. The lowest BCUT2D eigenvalue weighted by molar-refractivity contribution is -0.133. The summed E-state index contributed by atoms with van der Waals surface area (Å²) >= 11 is 0. The van der Waals surface area contributed by atoms with Crippen LogP contribution < -0.4 is 5.32 Å². The number of nitrogens with zero attached hydrogens (tertiary/aromatic N) is 3. The molecule has 1 aliphatic heterocycles. The van der Waals surface area contributed by atoms with Gasteiger partial charge >= 0.3 is 0 Å². The fraction of sp³-hybridized carbons (Fsp3) is 0.304. The van der Waals surface area contributed by atoms with Gasteiger partial charge in [0.05, 0.1) is 5.52 Å². The standard InChI is InChI=1S/C23H24N6O2/c1-14(26-22(30)20-17-5-2-3-7-19(17)27-28-20)23(31)29-11-8-15(9-12-29)18-13-25-21-16(18)6-4-10-24-21/h2-7,10,13-15H,8-9,11-12H2,1H3,(H,24,25)(H,26,30)(H,27,28). The van der Waals surface area contributed by atoms with Crippen LogP contribution in [0.1, 0.15) is 41.7 Å². The summed E-state index contributed by atoms with van der Waals surface area (Å²) in [5.41, 5.74) is 3.27. The molecule has 31 heavy (non-hydrogen) atoms. The van der Waals surface area contributed by atoms with Crippen LogP contribution in [0.25, 0.3) is 21.9 Å². The molecule has 1 saturated heterocycles. The Hall–Kier alpha value is -3.68. The highest BCUT2D eigenvalue weighted by Crippen LogP contribution is 2.32. The van der Waals surface area contributed by atoms with Crippen molar-refractivity contribution in [3.8, 4) is 0 Å². The van der Waals surface area contributed by atoms with Crippen LogP contribution in [0, 0.1) is 0 Å². The van der Waals surface area contributed by atoms with E-state index in [1.807, 2.05) is 41.4 Å². The second kappa shape index (κ2) is 7.86. The Morgan fingerprint density at radius 2 is 1.90 bits per heavy atom. The molecule has 0 spiro atoms. The number of likely N-dealkylation sites (tertiary alicyclic amines) is 1. The van der Waals surface area contributed by atoms with Gasteiger partial charge < -0.3 is 15.2 Å². The minimum atomic E-state index is -0.614. The average molecular weight is 416 g/mol. The number of H-pyrrole nitrogens is 2. The number of hydrogen-bond donors (Lipinski definition) is 3. The van der Waals surface area contributed by atoms with Crippen LogP contribution in [-0.4, -0.2) is 56.0 Å². The van der Waals surface area contributed by atoms with Crippen LogP contribution in [0.5, 0.6) is 0 Å². The summed E-state index contributed by atoms with van der Waals surface area (Å²) in [4.78, 5) is 35.1. The number of aromatic amines is 2. The molecule has 1 aromatic carbocycles. The maximum Gasteiger partial charge on any atom is 0.273 e. The van der Waals surface area contributed by atoms with Crippen LogP contribution in [0.3, 0.4) is 0 Å². The summed E-state index contributed by atoms with van der Waals surface area (Å²) in [5, 5.41) is 11.7. The van der Waals surface area contributed by atoms with Gasteiger partial charge in [0.15, 0.2) is 5.69 Å². The largest absolute Gasteiger partial charge is 0.346 e. The molecular formula is C23H24N6O2. The summed E-state index contributed by atoms with van der Waals surface area (Å²) in [5.74, 6) is -0.0194. The number of nitrogens with one attached hydrogen (secondary N) is 3. The molecule has 2 amide bonds. The minimum absolute atomic E-state index is 0.0627. The number of benzene rings is 1. The summed E-state index contributed by atoms with van der Waals surface area (Å²) in [7, 11) is 0. The zero-order valence-corrected chi connectivity index (χ0v) is 17.3. The first-order valence-electron chi connectivity index (χ1n) is 10.6. The molecular weight excluding hydrogens is 392 g/mol. The first kappa shape index (κ1) is 19.3. The smallest absolute Gasteiger partial charge is 0.273 e. The van der Waals surface area contributed by atoms with Gasteiger partial charge in [-0.25, -0.2) is 4.98 Å². The first-order valence-corrected chi connectivity index (χ1v) is 10.6. The summed E-state index contributed by atoms with van der Waals surface area (Å²) in [6, 6.07) is 10.9. The van der Waals surface area contributed by atoms with Crippen molar-refractivity contribution in [2.24, 2.45) is 0 Å². The number of piperidine rings is 1. The molecule has 1 atom stereocenters. The van der Waals surface area contributed by atoms with Crippen LogP contribution in [0.4, 0.5) is 0 Å². The number of carbonyl (C=O) groups excluding carboxylic acids is 2. The molecule has 0 saturated carbocycles. The Labute approximate surface area is 179 Å². The molecule has 8 heteroatoms. The second-order valence-electron chi connectivity index (χ2n) is 8.06. The highest BCUT2D eigenvalue weighted by atomic mass is 16.2. The van der Waals surface area contributed by atoms with Gasteiger partial charge in [-0.2, -0.15) is 5.10 Å². The molecule has 3 aromatic heterocycles. The fourth-order valence-electron chi connectivity index (χ4n) is 4.46. The molecule has 1 fully saturated rings. The number of hydrogen-bond acceptors (Lipinski definition) is 4. The highest BCUT2D eigenvalue weighted by Gasteiger charge is 2.29. The molecule has 1 unspecified atom stereocenters. The number of carbonyl (C=O) groups is 2. The van der Waals surface area contributed by atoms with Gasteiger partial charge in [0, 0.05) is 36.3 Å². The molecule has 8 nitrogen and oxygen atoms in total. The third-order valence-corrected chi connectivity index (χ3v) is 6.13. The van der Waals surface area contributed by atoms with Crippen LogP contribution in [0.15, 0.2) is 48.8 Å².